The molecule has 2 fully saturated rings. The molecule has 1 heterocycles. The smallest absolute Gasteiger partial charge is 0.330 e. The molecule has 5 aromatic carbocycles. The highest BCUT2D eigenvalue weighted by atomic mass is 32.1. The maximum absolute atomic E-state index is 14.1. The van der Waals surface area contributed by atoms with Crippen molar-refractivity contribution in [3.05, 3.63) is 134 Å². The summed E-state index contributed by atoms with van der Waals surface area (Å²) in [5, 5.41) is 9.15. The van der Waals surface area contributed by atoms with Crippen LogP contribution in [0.25, 0.3) is 21.0 Å². The summed E-state index contributed by atoms with van der Waals surface area (Å²) in [6.45, 7) is 11.4. The van der Waals surface area contributed by atoms with Crippen LogP contribution in [0.3, 0.4) is 0 Å². The van der Waals surface area contributed by atoms with Crippen molar-refractivity contribution in [3.63, 3.8) is 0 Å². The zero-order valence-electron chi connectivity index (χ0n) is 50.4. The van der Waals surface area contributed by atoms with E-state index in [2.05, 4.69) is 20.1 Å². The van der Waals surface area contributed by atoms with Crippen molar-refractivity contribution in [3.8, 4) is 34.5 Å². The summed E-state index contributed by atoms with van der Waals surface area (Å²) < 4.78 is 46.6. The molecule has 0 N–H and O–H groups in total. The van der Waals surface area contributed by atoms with E-state index in [-0.39, 0.29) is 29.7 Å². The molecule has 0 spiro atoms. The van der Waals surface area contributed by atoms with Crippen molar-refractivity contribution in [1.82, 2.24) is 4.98 Å². The number of carbonyl (C=O) groups excluding carboxylic acids is 6. The first kappa shape index (κ1) is 65.6. The van der Waals surface area contributed by atoms with Crippen LogP contribution in [0.2, 0.25) is 0 Å². The number of hydrogen-bond acceptors (Lipinski definition) is 18. The van der Waals surface area contributed by atoms with Crippen molar-refractivity contribution in [2.24, 2.45) is 28.8 Å². The number of ether oxygens (including phenoxy) is 8. The summed E-state index contributed by atoms with van der Waals surface area (Å²) in [6.07, 6.45) is 18.8. The number of aromatic nitrogens is 1. The molecule has 1 aromatic heterocycles. The van der Waals surface area contributed by atoms with Gasteiger partial charge < -0.3 is 37.9 Å². The lowest BCUT2D eigenvalue weighted by Crippen LogP contribution is -2.30. The van der Waals surface area contributed by atoms with Gasteiger partial charge in [0.1, 0.15) is 34.5 Å². The summed E-state index contributed by atoms with van der Waals surface area (Å²) >= 11 is 1.56. The maximum atomic E-state index is 14.1. The summed E-state index contributed by atoms with van der Waals surface area (Å²) in [5.41, 5.74) is 1.42. The second kappa shape index (κ2) is 34.8. The number of anilines is 1. The fourth-order valence-electron chi connectivity index (χ4n) is 10.6. The Kier molecular flexibility index (Phi) is 26.0. The minimum Gasteiger partial charge on any atom is -0.494 e. The van der Waals surface area contributed by atoms with Crippen molar-refractivity contribution < 1.29 is 66.7 Å². The number of esters is 6. The number of unbranched alkanes of at least 4 members (excludes halogenated alkanes) is 9. The fraction of sp³-hybridized carbons (Fsp3) is 0.429. The number of benzene rings is 5. The van der Waals surface area contributed by atoms with Gasteiger partial charge in [-0.05, 0) is 205 Å². The molecule has 466 valence electrons. The molecule has 2 aliphatic carbocycles. The average molecular weight is 1220 g/mol. The van der Waals surface area contributed by atoms with Gasteiger partial charge >= 0.3 is 35.8 Å². The number of fused-ring (bicyclic) bond motifs is 2. The SMILES string of the molecule is C=CC(=O)OCCCCCCOc1ccc(OC(=O)C2CCC(C(=O)Oc3ccc4cc(OC(=O)C5CCC(C(=O)Oc6ccc(OCCCCCCOC(=O)C=C)cc6)CC5)c(/C=N/N(CCCCCC)c5nc6ccccc6s5)cc4c3)CC2)cc1. The molecule has 8 rings (SSSR count). The van der Waals surface area contributed by atoms with E-state index < -0.39 is 29.7 Å². The highest BCUT2D eigenvalue weighted by Crippen LogP contribution is 2.37. The molecule has 88 heavy (non-hydrogen) atoms. The van der Waals surface area contributed by atoms with Gasteiger partial charge in [0.25, 0.3) is 0 Å². The molecule has 0 bridgehead atoms. The van der Waals surface area contributed by atoms with Crippen molar-refractivity contribution in [1.29, 1.82) is 0 Å². The van der Waals surface area contributed by atoms with Crippen LogP contribution in [0.1, 0.15) is 141 Å². The minimum absolute atomic E-state index is 0.321. The van der Waals surface area contributed by atoms with Gasteiger partial charge in [-0.3, -0.25) is 19.2 Å². The van der Waals surface area contributed by atoms with Gasteiger partial charge in [-0.25, -0.2) is 19.6 Å². The van der Waals surface area contributed by atoms with Crippen LogP contribution in [0, 0.1) is 23.7 Å². The van der Waals surface area contributed by atoms with E-state index in [0.717, 1.165) is 115 Å². The number of hydrazone groups is 1. The number of carbonyl (C=O) groups is 6. The van der Waals surface area contributed by atoms with Crippen LogP contribution in [-0.2, 0) is 38.2 Å². The first-order chi connectivity index (χ1) is 42.9. The average Bonchev–Trinajstić information content (AvgIpc) is 3.59. The Morgan fingerprint density at radius 1 is 0.511 bits per heavy atom. The molecule has 0 unspecified atom stereocenters. The highest BCUT2D eigenvalue weighted by molar-refractivity contribution is 7.22. The molecule has 0 saturated heterocycles. The molecule has 0 amide bonds. The first-order valence-electron chi connectivity index (χ1n) is 31.1. The van der Waals surface area contributed by atoms with Gasteiger partial charge in [-0.2, -0.15) is 5.10 Å². The Morgan fingerprint density at radius 3 is 1.47 bits per heavy atom. The summed E-state index contributed by atoms with van der Waals surface area (Å²) in [7, 11) is 0. The molecule has 2 aliphatic rings. The number of hydrogen-bond donors (Lipinski definition) is 0. The first-order valence-corrected chi connectivity index (χ1v) is 31.9. The lowest BCUT2D eigenvalue weighted by Gasteiger charge is -2.26. The van der Waals surface area contributed by atoms with Gasteiger partial charge in [-0.1, -0.05) is 68.9 Å². The Morgan fingerprint density at radius 2 is 0.966 bits per heavy atom. The molecular weight excluding hydrogens is 1140 g/mol. The molecule has 2 saturated carbocycles. The van der Waals surface area contributed by atoms with E-state index in [4.69, 9.17) is 48.0 Å². The molecular formula is C70H81N3O14S. The largest absolute Gasteiger partial charge is 0.494 e. The molecule has 0 radical (unpaired) electrons. The van der Waals surface area contributed by atoms with E-state index in [1.165, 1.54) is 0 Å². The van der Waals surface area contributed by atoms with Gasteiger partial charge in [0, 0.05) is 24.3 Å². The topological polar surface area (TPSA) is 205 Å². The number of para-hydroxylation sites is 1. The Balaban J connectivity index is 0.853. The normalized spacial score (nSPS) is 16.5. The molecule has 18 heteroatoms. The van der Waals surface area contributed by atoms with Crippen molar-refractivity contribution in [2.45, 2.75) is 135 Å². The zero-order valence-corrected chi connectivity index (χ0v) is 51.2. The minimum atomic E-state index is -0.447. The van der Waals surface area contributed by atoms with Crippen molar-refractivity contribution in [2.75, 3.05) is 38.0 Å². The highest BCUT2D eigenvalue weighted by Gasteiger charge is 2.34. The quantitative estimate of drug-likeness (QED) is 0.00920. The summed E-state index contributed by atoms with van der Waals surface area (Å²) in [4.78, 5) is 81.7. The van der Waals surface area contributed by atoms with Crippen LogP contribution in [0.5, 0.6) is 34.5 Å². The van der Waals surface area contributed by atoms with E-state index in [1.807, 2.05) is 41.4 Å². The second-order valence-electron chi connectivity index (χ2n) is 22.3. The zero-order chi connectivity index (χ0) is 61.9. The lowest BCUT2D eigenvalue weighted by atomic mass is 9.82. The van der Waals surface area contributed by atoms with Crippen LogP contribution in [0.4, 0.5) is 5.13 Å². The van der Waals surface area contributed by atoms with E-state index >= 15 is 0 Å². The number of thiazole rings is 1. The molecule has 17 nitrogen and oxygen atoms in total. The fourth-order valence-corrected chi connectivity index (χ4v) is 11.6. The summed E-state index contributed by atoms with van der Waals surface area (Å²) in [5.74, 6) is -0.992. The predicted molar refractivity (Wildman–Crippen MR) is 339 cm³/mol. The Bertz CT molecular complexity index is 3270. The van der Waals surface area contributed by atoms with Crippen LogP contribution >= 0.6 is 11.3 Å². The van der Waals surface area contributed by atoms with Crippen LogP contribution in [-0.4, -0.2) is 80.0 Å². The number of nitrogens with zero attached hydrogens (tertiary/aromatic N) is 3. The summed E-state index contributed by atoms with van der Waals surface area (Å²) in [6, 6.07) is 31.0. The van der Waals surface area contributed by atoms with E-state index in [9.17, 15) is 28.8 Å². The third-order valence-corrected chi connectivity index (χ3v) is 16.8. The van der Waals surface area contributed by atoms with E-state index in [1.54, 1.807) is 84.3 Å². The van der Waals surface area contributed by atoms with Crippen LogP contribution < -0.4 is 33.4 Å². The standard InChI is InChI=1S/C70H81N3O14S/c1-4-7-8-15-40-73(70-72-61-20-13-14-21-63(61)88-70)71-48-55-45-54-46-60(86-68(78)51-24-22-49(23-25-51)66(76)84-58-36-32-56(33-37-58)80-41-16-9-11-18-43-82-64(74)5-2)31-30-53(54)47-62(55)87-69(79)52-28-26-50(27-29-52)67(77)85-59-38-34-57(35-39-59)81-42-17-10-12-19-44-83-65(75)6-3/h5-6,13-14,20-21,30-39,45-52H,2-4,7-12,15-19,22-29,40-44H2,1H3/b71-48+. The molecule has 0 atom stereocenters. The van der Waals surface area contributed by atoms with E-state index in [0.29, 0.717) is 124 Å². The third kappa shape index (κ3) is 20.6. The maximum Gasteiger partial charge on any atom is 0.330 e. The molecule has 6 aromatic rings. The Hall–Kier alpha value is -8.38. The monoisotopic (exact) mass is 1220 g/mol. The van der Waals surface area contributed by atoms with Gasteiger partial charge in [0.05, 0.1) is 66.5 Å². The Labute approximate surface area is 519 Å². The second-order valence-corrected chi connectivity index (χ2v) is 23.3. The number of rotatable bonds is 34. The van der Waals surface area contributed by atoms with Crippen LogP contribution in [0.15, 0.2) is 134 Å². The molecule has 0 aliphatic heterocycles. The van der Waals surface area contributed by atoms with Crippen molar-refractivity contribution >= 4 is 79.5 Å². The predicted octanol–water partition coefficient (Wildman–Crippen LogP) is 14.8. The van der Waals surface area contributed by atoms with Gasteiger partial charge in [-0.15, -0.1) is 0 Å². The van der Waals surface area contributed by atoms with Gasteiger partial charge in [0.2, 0.25) is 5.13 Å². The lowest BCUT2D eigenvalue weighted by molar-refractivity contribution is -0.145. The third-order valence-electron chi connectivity index (χ3n) is 15.7. The van der Waals surface area contributed by atoms with Gasteiger partial charge in [0.15, 0.2) is 0 Å².